The van der Waals surface area contributed by atoms with Crippen LogP contribution in [0.1, 0.15) is 15.9 Å². The van der Waals surface area contributed by atoms with Crippen molar-refractivity contribution in [2.45, 2.75) is 6.36 Å². The molecule has 0 saturated heterocycles. The maximum absolute atomic E-state index is 12.0. The number of carbonyl (C=O) groups excluding carboxylic acids is 1. The monoisotopic (exact) mass is 245 g/mol. The first-order valence-electron chi connectivity index (χ1n) is 4.25. The van der Waals surface area contributed by atoms with E-state index < -0.39 is 18.1 Å². The number of hydrogen-bond donors (Lipinski definition) is 0. The van der Waals surface area contributed by atoms with E-state index in [1.807, 2.05) is 0 Å². The summed E-state index contributed by atoms with van der Waals surface area (Å²) in [7, 11) is 1.08. The molecule has 0 bridgehead atoms. The highest BCUT2D eigenvalue weighted by Crippen LogP contribution is 2.25. The van der Waals surface area contributed by atoms with E-state index in [4.69, 9.17) is 5.26 Å². The van der Waals surface area contributed by atoms with E-state index in [0.29, 0.717) is 0 Å². The molecule has 0 atom stereocenters. The molecule has 1 aromatic carbocycles. The predicted molar refractivity (Wildman–Crippen MR) is 49.2 cm³/mol. The molecular formula is C10H6F3NO3. The van der Waals surface area contributed by atoms with Crippen LogP contribution in [0.3, 0.4) is 0 Å². The number of alkyl halides is 3. The van der Waals surface area contributed by atoms with Crippen molar-refractivity contribution >= 4 is 5.97 Å². The van der Waals surface area contributed by atoms with Gasteiger partial charge in [0.1, 0.15) is 5.75 Å². The number of halogens is 3. The van der Waals surface area contributed by atoms with Gasteiger partial charge in [0, 0.05) is 0 Å². The Kier molecular flexibility index (Phi) is 3.58. The summed E-state index contributed by atoms with van der Waals surface area (Å²) in [5.74, 6) is -1.49. The molecule has 90 valence electrons. The number of methoxy groups -OCH3 is 1. The zero-order valence-corrected chi connectivity index (χ0v) is 8.54. The van der Waals surface area contributed by atoms with Gasteiger partial charge in [0.05, 0.1) is 24.3 Å². The smallest absolute Gasteiger partial charge is 0.465 e. The zero-order valence-electron chi connectivity index (χ0n) is 8.54. The molecule has 17 heavy (non-hydrogen) atoms. The average Bonchev–Trinajstić information content (AvgIpc) is 2.25. The number of benzene rings is 1. The number of ether oxygens (including phenoxy) is 2. The standard InChI is InChI=1S/C10H6F3NO3/c1-16-9(15)7-2-6(5-14)3-8(4-7)17-10(11,12)13/h2-4H,1H3. The van der Waals surface area contributed by atoms with Crippen LogP contribution in [0.4, 0.5) is 13.2 Å². The first kappa shape index (κ1) is 12.8. The van der Waals surface area contributed by atoms with Gasteiger partial charge in [0.15, 0.2) is 0 Å². The summed E-state index contributed by atoms with van der Waals surface area (Å²) in [6, 6.07) is 4.45. The number of rotatable bonds is 2. The normalized spacial score (nSPS) is 10.5. The van der Waals surface area contributed by atoms with Crippen molar-refractivity contribution in [3.05, 3.63) is 29.3 Å². The molecule has 0 aliphatic heterocycles. The van der Waals surface area contributed by atoms with Gasteiger partial charge in [0.2, 0.25) is 0 Å². The summed E-state index contributed by atoms with van der Waals surface area (Å²) in [6.07, 6.45) is -4.89. The fourth-order valence-electron chi connectivity index (χ4n) is 1.09. The van der Waals surface area contributed by atoms with Gasteiger partial charge in [-0.05, 0) is 18.2 Å². The molecule has 7 heteroatoms. The quantitative estimate of drug-likeness (QED) is 0.749. The van der Waals surface area contributed by atoms with Gasteiger partial charge in [-0.15, -0.1) is 13.2 Å². The second kappa shape index (κ2) is 4.74. The molecule has 0 radical (unpaired) electrons. The lowest BCUT2D eigenvalue weighted by molar-refractivity contribution is -0.274. The zero-order chi connectivity index (χ0) is 13.1. The van der Waals surface area contributed by atoms with Crippen molar-refractivity contribution in [2.75, 3.05) is 7.11 Å². The van der Waals surface area contributed by atoms with Gasteiger partial charge in [-0.1, -0.05) is 0 Å². The highest BCUT2D eigenvalue weighted by Gasteiger charge is 2.31. The van der Waals surface area contributed by atoms with Crippen molar-refractivity contribution in [1.29, 1.82) is 5.26 Å². The molecule has 0 unspecified atom stereocenters. The molecule has 0 amide bonds. The van der Waals surface area contributed by atoms with Crippen LogP contribution in [0, 0.1) is 11.3 Å². The highest BCUT2D eigenvalue weighted by molar-refractivity contribution is 5.90. The van der Waals surface area contributed by atoms with Gasteiger partial charge in [0.25, 0.3) is 0 Å². The second-order valence-electron chi connectivity index (χ2n) is 2.90. The lowest BCUT2D eigenvalue weighted by Gasteiger charge is -2.10. The summed E-state index contributed by atoms with van der Waals surface area (Å²) in [6.45, 7) is 0. The van der Waals surface area contributed by atoms with E-state index in [1.165, 1.54) is 0 Å². The second-order valence-corrected chi connectivity index (χ2v) is 2.90. The van der Waals surface area contributed by atoms with E-state index in [0.717, 1.165) is 25.3 Å². The van der Waals surface area contributed by atoms with Crippen LogP contribution in [0.5, 0.6) is 5.75 Å². The minimum atomic E-state index is -4.89. The van der Waals surface area contributed by atoms with Crippen molar-refractivity contribution in [2.24, 2.45) is 0 Å². The van der Waals surface area contributed by atoms with Gasteiger partial charge >= 0.3 is 12.3 Å². The Balaban J connectivity index is 3.15. The topological polar surface area (TPSA) is 59.3 Å². The fourth-order valence-corrected chi connectivity index (χ4v) is 1.09. The van der Waals surface area contributed by atoms with Crippen LogP contribution < -0.4 is 4.74 Å². The first-order chi connectivity index (χ1) is 7.85. The molecule has 0 spiro atoms. The molecule has 0 saturated carbocycles. The van der Waals surface area contributed by atoms with Crippen LogP contribution in [-0.4, -0.2) is 19.4 Å². The maximum Gasteiger partial charge on any atom is 0.573 e. The number of nitriles is 1. The molecule has 4 nitrogen and oxygen atoms in total. The Hall–Kier alpha value is -2.23. The SMILES string of the molecule is COC(=O)c1cc(C#N)cc(OC(F)(F)F)c1. The number of nitrogens with zero attached hydrogens (tertiary/aromatic N) is 1. The Bertz CT molecular complexity index is 477. The molecule has 0 aliphatic carbocycles. The molecule has 0 N–H and O–H groups in total. The van der Waals surface area contributed by atoms with Crippen LogP contribution >= 0.6 is 0 Å². The minimum absolute atomic E-state index is 0.132. The molecule has 0 fully saturated rings. The summed E-state index contributed by atoms with van der Waals surface area (Å²) in [5, 5.41) is 8.60. The lowest BCUT2D eigenvalue weighted by Crippen LogP contribution is -2.17. The molecule has 0 aliphatic rings. The number of esters is 1. The van der Waals surface area contributed by atoms with Crippen molar-refractivity contribution in [3.63, 3.8) is 0 Å². The van der Waals surface area contributed by atoms with Crippen LogP contribution in [0.25, 0.3) is 0 Å². The number of hydrogen-bond acceptors (Lipinski definition) is 4. The van der Waals surface area contributed by atoms with E-state index >= 15 is 0 Å². The summed E-state index contributed by atoms with van der Waals surface area (Å²) in [5.41, 5.74) is -0.321. The summed E-state index contributed by atoms with van der Waals surface area (Å²) < 4.78 is 43.9. The van der Waals surface area contributed by atoms with Gasteiger partial charge in [-0.3, -0.25) is 0 Å². The highest BCUT2D eigenvalue weighted by atomic mass is 19.4. The van der Waals surface area contributed by atoms with E-state index in [1.54, 1.807) is 6.07 Å². The van der Waals surface area contributed by atoms with Gasteiger partial charge < -0.3 is 9.47 Å². The third-order valence-electron chi connectivity index (χ3n) is 1.69. The third kappa shape index (κ3) is 3.68. The van der Waals surface area contributed by atoms with Crippen LogP contribution in [-0.2, 0) is 4.74 Å². The minimum Gasteiger partial charge on any atom is -0.465 e. The van der Waals surface area contributed by atoms with Crippen molar-refractivity contribution in [1.82, 2.24) is 0 Å². The molecule has 0 aromatic heterocycles. The predicted octanol–water partition coefficient (Wildman–Crippen LogP) is 2.24. The molecule has 0 heterocycles. The summed E-state index contributed by atoms with van der Waals surface area (Å²) >= 11 is 0. The van der Waals surface area contributed by atoms with Crippen molar-refractivity contribution in [3.8, 4) is 11.8 Å². The average molecular weight is 245 g/mol. The Morgan fingerprint density at radius 1 is 1.35 bits per heavy atom. The number of carbonyl (C=O) groups is 1. The maximum atomic E-state index is 12.0. The van der Waals surface area contributed by atoms with Crippen molar-refractivity contribution < 1.29 is 27.4 Å². The summed E-state index contributed by atoms with van der Waals surface area (Å²) in [4.78, 5) is 11.1. The van der Waals surface area contributed by atoms with Crippen LogP contribution in [0.15, 0.2) is 18.2 Å². The van der Waals surface area contributed by atoms with E-state index in [-0.39, 0.29) is 11.1 Å². The van der Waals surface area contributed by atoms with Gasteiger partial charge in [-0.2, -0.15) is 5.26 Å². The molecule has 1 aromatic rings. The van der Waals surface area contributed by atoms with Crippen LogP contribution in [0.2, 0.25) is 0 Å². The Labute approximate surface area is 94.2 Å². The largest absolute Gasteiger partial charge is 0.573 e. The molecular weight excluding hydrogens is 239 g/mol. The lowest BCUT2D eigenvalue weighted by atomic mass is 10.1. The van der Waals surface area contributed by atoms with Gasteiger partial charge in [-0.25, -0.2) is 4.79 Å². The Morgan fingerprint density at radius 2 is 2.00 bits per heavy atom. The van der Waals surface area contributed by atoms with E-state index in [2.05, 4.69) is 9.47 Å². The third-order valence-corrected chi connectivity index (χ3v) is 1.69. The fraction of sp³-hybridized carbons (Fsp3) is 0.200. The van der Waals surface area contributed by atoms with E-state index in [9.17, 15) is 18.0 Å². The first-order valence-corrected chi connectivity index (χ1v) is 4.25. The Morgan fingerprint density at radius 3 is 2.47 bits per heavy atom. The molecule has 1 rings (SSSR count).